The molecule has 1 saturated carbocycles. The number of hydrogen-bond donors (Lipinski definition) is 1. The molecule has 7 nitrogen and oxygen atoms in total. The Kier molecular flexibility index (Phi) is 4.13. The molecule has 3 heterocycles. The first-order chi connectivity index (χ1) is 13.5. The largest absolute Gasteiger partial charge is 0.345 e. The molecule has 1 aliphatic rings. The van der Waals surface area contributed by atoms with Gasteiger partial charge in [-0.3, -0.25) is 4.40 Å². The Morgan fingerprint density at radius 3 is 2.89 bits per heavy atom. The molecule has 1 fully saturated rings. The summed E-state index contributed by atoms with van der Waals surface area (Å²) >= 11 is 6.10. The number of nitrogens with zero attached hydrogens (tertiary/aromatic N) is 4. The Bertz CT molecular complexity index is 1280. The van der Waals surface area contributed by atoms with Crippen LogP contribution in [0, 0.1) is 5.92 Å². The van der Waals surface area contributed by atoms with E-state index in [0.29, 0.717) is 5.65 Å². The highest BCUT2D eigenvalue weighted by molar-refractivity contribution is 7.91. The molecule has 0 saturated heterocycles. The zero-order chi connectivity index (χ0) is 19.3. The molecule has 0 unspecified atom stereocenters. The number of rotatable bonds is 4. The number of hydrogen-bond acceptors (Lipinski definition) is 5. The van der Waals surface area contributed by atoms with Gasteiger partial charge < -0.3 is 4.98 Å². The van der Waals surface area contributed by atoms with Gasteiger partial charge in [0, 0.05) is 12.1 Å². The summed E-state index contributed by atoms with van der Waals surface area (Å²) in [5.74, 6) is 1.22. The van der Waals surface area contributed by atoms with Crippen molar-refractivity contribution < 1.29 is 8.42 Å². The monoisotopic (exact) mass is 415 g/mol. The van der Waals surface area contributed by atoms with Gasteiger partial charge in [-0.25, -0.2) is 13.4 Å². The third kappa shape index (κ3) is 2.87. The minimum atomic E-state index is -3.42. The lowest BCUT2D eigenvalue weighted by molar-refractivity contribution is 0.550. The van der Waals surface area contributed by atoms with E-state index in [1.807, 2.05) is 16.7 Å². The van der Waals surface area contributed by atoms with Crippen LogP contribution in [0.3, 0.4) is 0 Å². The highest BCUT2D eigenvalue weighted by Crippen LogP contribution is 2.39. The molecule has 3 aromatic heterocycles. The van der Waals surface area contributed by atoms with Crippen molar-refractivity contribution in [3.8, 4) is 0 Å². The fourth-order valence-electron chi connectivity index (χ4n) is 4.22. The smallest absolute Gasteiger partial charge is 0.180 e. The molecule has 2 atom stereocenters. The summed E-state index contributed by atoms with van der Waals surface area (Å²) in [6, 6.07) is 8.58. The Morgan fingerprint density at radius 1 is 1.18 bits per heavy atom. The van der Waals surface area contributed by atoms with Gasteiger partial charge in [-0.05, 0) is 43.4 Å². The molecule has 1 N–H and O–H groups in total. The summed E-state index contributed by atoms with van der Waals surface area (Å²) < 4.78 is 27.7. The van der Waals surface area contributed by atoms with E-state index < -0.39 is 9.84 Å². The SMILES string of the molecule is O=S(=O)(C[C@H]1CC[C@@H](c2nnc3cnc4[nH]ccc4n23)C1)c1ccccc1Cl. The van der Waals surface area contributed by atoms with E-state index in [4.69, 9.17) is 11.6 Å². The predicted molar refractivity (Wildman–Crippen MR) is 106 cm³/mol. The van der Waals surface area contributed by atoms with Crippen molar-refractivity contribution >= 4 is 38.2 Å². The molecule has 144 valence electrons. The first kappa shape index (κ1) is 17.6. The normalized spacial score (nSPS) is 20.3. The number of benzene rings is 1. The lowest BCUT2D eigenvalue weighted by Crippen LogP contribution is -2.15. The van der Waals surface area contributed by atoms with Gasteiger partial charge in [0.05, 0.1) is 27.4 Å². The predicted octanol–water partition coefficient (Wildman–Crippen LogP) is 3.62. The maximum Gasteiger partial charge on any atom is 0.180 e. The maximum atomic E-state index is 12.8. The zero-order valence-corrected chi connectivity index (χ0v) is 16.5. The van der Waals surface area contributed by atoms with Crippen molar-refractivity contribution in [3.63, 3.8) is 0 Å². The van der Waals surface area contributed by atoms with Crippen molar-refractivity contribution in [2.75, 3.05) is 5.75 Å². The fourth-order valence-corrected chi connectivity index (χ4v) is 6.46. The quantitative estimate of drug-likeness (QED) is 0.549. The molecule has 4 aromatic rings. The lowest BCUT2D eigenvalue weighted by Gasteiger charge is -2.12. The first-order valence-corrected chi connectivity index (χ1v) is 11.2. The summed E-state index contributed by atoms with van der Waals surface area (Å²) in [6.07, 6.45) is 6.03. The minimum Gasteiger partial charge on any atom is -0.345 e. The van der Waals surface area contributed by atoms with E-state index >= 15 is 0 Å². The zero-order valence-electron chi connectivity index (χ0n) is 14.9. The topological polar surface area (TPSA) is 93.0 Å². The Labute approximate surface area is 166 Å². The number of nitrogens with one attached hydrogen (secondary N) is 1. The molecule has 0 bridgehead atoms. The molecular weight excluding hydrogens is 398 g/mol. The molecule has 0 radical (unpaired) electrons. The van der Waals surface area contributed by atoms with E-state index in [-0.39, 0.29) is 27.5 Å². The second-order valence-electron chi connectivity index (χ2n) is 7.31. The van der Waals surface area contributed by atoms with Gasteiger partial charge in [0.15, 0.2) is 21.1 Å². The van der Waals surface area contributed by atoms with Crippen LogP contribution in [0.25, 0.3) is 16.8 Å². The van der Waals surface area contributed by atoms with Crippen LogP contribution >= 0.6 is 11.6 Å². The molecule has 1 aliphatic carbocycles. The average molecular weight is 416 g/mol. The van der Waals surface area contributed by atoms with Crippen LogP contribution in [0.5, 0.6) is 0 Å². The summed E-state index contributed by atoms with van der Waals surface area (Å²) in [7, 11) is -3.42. The van der Waals surface area contributed by atoms with Gasteiger partial charge in [0.1, 0.15) is 5.82 Å². The van der Waals surface area contributed by atoms with E-state index in [2.05, 4.69) is 20.2 Å². The maximum absolute atomic E-state index is 12.8. The van der Waals surface area contributed by atoms with Crippen LogP contribution in [-0.2, 0) is 9.84 Å². The highest BCUT2D eigenvalue weighted by atomic mass is 35.5. The highest BCUT2D eigenvalue weighted by Gasteiger charge is 2.33. The van der Waals surface area contributed by atoms with Crippen molar-refractivity contribution in [2.45, 2.75) is 30.1 Å². The second kappa shape index (κ2) is 6.56. The summed E-state index contributed by atoms with van der Waals surface area (Å²) in [5.41, 5.74) is 2.42. The number of fused-ring (bicyclic) bond motifs is 3. The lowest BCUT2D eigenvalue weighted by atomic mass is 10.1. The van der Waals surface area contributed by atoms with Crippen LogP contribution in [0.15, 0.2) is 47.6 Å². The third-order valence-corrected chi connectivity index (χ3v) is 7.88. The van der Waals surface area contributed by atoms with Crippen molar-refractivity contribution in [2.24, 2.45) is 5.92 Å². The van der Waals surface area contributed by atoms with Gasteiger partial charge >= 0.3 is 0 Å². The molecule has 28 heavy (non-hydrogen) atoms. The van der Waals surface area contributed by atoms with E-state index in [1.54, 1.807) is 30.5 Å². The molecule has 5 rings (SSSR count). The Balaban J connectivity index is 1.42. The molecule has 0 amide bonds. The van der Waals surface area contributed by atoms with Gasteiger partial charge in [-0.1, -0.05) is 23.7 Å². The van der Waals surface area contributed by atoms with Crippen LogP contribution in [0.2, 0.25) is 5.02 Å². The van der Waals surface area contributed by atoms with Crippen molar-refractivity contribution in [3.05, 3.63) is 53.6 Å². The third-order valence-electron chi connectivity index (χ3n) is 5.50. The molecule has 9 heteroatoms. The van der Waals surface area contributed by atoms with Gasteiger partial charge in [-0.15, -0.1) is 10.2 Å². The number of sulfone groups is 1. The minimum absolute atomic E-state index is 0.0715. The Hall–Kier alpha value is -2.45. The standard InChI is InChI=1S/C19H18ClN5O2S/c20-14-3-1-2-4-16(14)28(26,27)11-12-5-6-13(9-12)19-24-23-17-10-22-18-15(25(17)19)7-8-21-18/h1-4,7-8,10,12-13,21H,5-6,9,11H2/t12-,13+/m0/s1. The van der Waals surface area contributed by atoms with Crippen LogP contribution in [-0.4, -0.2) is 38.7 Å². The Morgan fingerprint density at radius 2 is 2.04 bits per heavy atom. The first-order valence-electron chi connectivity index (χ1n) is 9.17. The average Bonchev–Trinajstić information content (AvgIpc) is 3.39. The van der Waals surface area contributed by atoms with Crippen molar-refractivity contribution in [1.29, 1.82) is 0 Å². The van der Waals surface area contributed by atoms with Gasteiger partial charge in [0.2, 0.25) is 0 Å². The number of aromatic nitrogens is 5. The summed E-state index contributed by atoms with van der Waals surface area (Å²) in [4.78, 5) is 7.66. The van der Waals surface area contributed by atoms with E-state index in [0.717, 1.165) is 36.3 Å². The molecular formula is C19H18ClN5O2S. The molecule has 1 aromatic carbocycles. The van der Waals surface area contributed by atoms with Crippen LogP contribution in [0.1, 0.15) is 31.0 Å². The number of H-pyrrole nitrogens is 1. The van der Waals surface area contributed by atoms with Crippen LogP contribution < -0.4 is 0 Å². The number of halogens is 1. The van der Waals surface area contributed by atoms with Crippen molar-refractivity contribution in [1.82, 2.24) is 24.6 Å². The molecule has 0 aliphatic heterocycles. The van der Waals surface area contributed by atoms with Gasteiger partial charge in [0.25, 0.3) is 0 Å². The van der Waals surface area contributed by atoms with Gasteiger partial charge in [-0.2, -0.15) is 0 Å². The molecule has 0 spiro atoms. The fraction of sp³-hybridized carbons (Fsp3) is 0.316. The van der Waals surface area contributed by atoms with Crippen LogP contribution in [0.4, 0.5) is 0 Å². The summed E-state index contributed by atoms with van der Waals surface area (Å²) in [5, 5.41) is 8.93. The van der Waals surface area contributed by atoms with E-state index in [9.17, 15) is 8.42 Å². The second-order valence-corrected chi connectivity index (χ2v) is 9.72. The number of aromatic amines is 1. The van der Waals surface area contributed by atoms with E-state index in [1.165, 1.54) is 0 Å². The summed E-state index contributed by atoms with van der Waals surface area (Å²) in [6.45, 7) is 0.